The van der Waals surface area contributed by atoms with Gasteiger partial charge in [-0.15, -0.1) is 11.3 Å². The Labute approximate surface area is 152 Å². The van der Waals surface area contributed by atoms with Crippen LogP contribution in [0.5, 0.6) is 0 Å². The summed E-state index contributed by atoms with van der Waals surface area (Å²) in [6, 6.07) is 7.08. The first kappa shape index (κ1) is 17.7. The Morgan fingerprint density at radius 2 is 2.36 bits per heavy atom. The van der Waals surface area contributed by atoms with Crippen molar-refractivity contribution in [1.82, 2.24) is 15.6 Å². The van der Waals surface area contributed by atoms with Gasteiger partial charge in [-0.05, 0) is 38.0 Å². The molecule has 2 N–H and O–H groups in total. The molecule has 0 amide bonds. The third-order valence-electron chi connectivity index (χ3n) is 4.24. The molecule has 0 radical (unpaired) electrons. The van der Waals surface area contributed by atoms with E-state index in [4.69, 9.17) is 0 Å². The van der Waals surface area contributed by atoms with Crippen molar-refractivity contribution in [3.63, 3.8) is 0 Å². The summed E-state index contributed by atoms with van der Waals surface area (Å²) in [5.74, 6) is 0.586. The van der Waals surface area contributed by atoms with Gasteiger partial charge < -0.3 is 15.5 Å². The molecular weight excluding hydrogens is 337 g/mol. The van der Waals surface area contributed by atoms with Gasteiger partial charge in [0.15, 0.2) is 5.96 Å². The maximum absolute atomic E-state index is 13.5. The number of hydrogen-bond acceptors (Lipinski definition) is 4. The number of aromatic nitrogens is 1. The number of rotatable bonds is 4. The highest BCUT2D eigenvalue weighted by Crippen LogP contribution is 2.20. The highest BCUT2D eigenvalue weighted by Gasteiger charge is 2.21. The van der Waals surface area contributed by atoms with Crippen molar-refractivity contribution in [1.29, 1.82) is 0 Å². The van der Waals surface area contributed by atoms with Gasteiger partial charge in [-0.1, -0.05) is 6.07 Å². The number of thiazole rings is 1. The quantitative estimate of drug-likeness (QED) is 0.649. The predicted octanol–water partition coefficient (Wildman–Crippen LogP) is 2.92. The van der Waals surface area contributed by atoms with Gasteiger partial charge in [-0.25, -0.2) is 9.37 Å². The Morgan fingerprint density at radius 1 is 1.48 bits per heavy atom. The minimum absolute atomic E-state index is 0.191. The largest absolute Gasteiger partial charge is 0.369 e. The summed E-state index contributed by atoms with van der Waals surface area (Å²) in [6.07, 6.45) is 4.02. The summed E-state index contributed by atoms with van der Waals surface area (Å²) in [5.41, 5.74) is 0.938. The van der Waals surface area contributed by atoms with Crippen LogP contribution in [0.4, 0.5) is 10.1 Å². The normalized spacial score (nSPS) is 18.3. The van der Waals surface area contributed by atoms with Crippen LogP contribution in [-0.4, -0.2) is 37.1 Å². The van der Waals surface area contributed by atoms with E-state index in [1.165, 1.54) is 10.9 Å². The second-order valence-corrected chi connectivity index (χ2v) is 7.52. The summed E-state index contributed by atoms with van der Waals surface area (Å²) in [6.45, 7) is 4.50. The van der Waals surface area contributed by atoms with Crippen LogP contribution in [0.3, 0.4) is 0 Å². The van der Waals surface area contributed by atoms with Gasteiger partial charge in [0.2, 0.25) is 0 Å². The topological polar surface area (TPSA) is 52.6 Å². The summed E-state index contributed by atoms with van der Waals surface area (Å²) in [4.78, 5) is 12.1. The van der Waals surface area contributed by atoms with E-state index in [1.807, 2.05) is 12.3 Å². The van der Waals surface area contributed by atoms with Crippen molar-refractivity contribution in [2.45, 2.75) is 32.4 Å². The number of nitrogens with one attached hydrogen (secondary N) is 2. The summed E-state index contributed by atoms with van der Waals surface area (Å²) >= 11 is 1.69. The predicted molar refractivity (Wildman–Crippen MR) is 102 cm³/mol. The van der Waals surface area contributed by atoms with E-state index in [0.717, 1.165) is 42.6 Å². The van der Waals surface area contributed by atoms with Crippen molar-refractivity contribution < 1.29 is 4.39 Å². The summed E-state index contributed by atoms with van der Waals surface area (Å²) < 4.78 is 13.5. The maximum atomic E-state index is 13.5. The Kier molecular flexibility index (Phi) is 5.86. The molecule has 1 aromatic heterocycles. The zero-order valence-corrected chi connectivity index (χ0v) is 15.4. The maximum Gasteiger partial charge on any atom is 0.191 e. The van der Waals surface area contributed by atoms with E-state index in [-0.39, 0.29) is 11.9 Å². The average Bonchev–Trinajstić information content (AvgIpc) is 3.04. The van der Waals surface area contributed by atoms with E-state index in [2.05, 4.69) is 32.4 Å². The lowest BCUT2D eigenvalue weighted by molar-refractivity contribution is 0.467. The highest BCUT2D eigenvalue weighted by molar-refractivity contribution is 7.11. The molecule has 1 aromatic carbocycles. The Bertz CT molecular complexity index is 730. The van der Waals surface area contributed by atoms with Crippen LogP contribution < -0.4 is 15.5 Å². The fourth-order valence-electron chi connectivity index (χ4n) is 3.03. The van der Waals surface area contributed by atoms with Gasteiger partial charge in [0.25, 0.3) is 0 Å². The summed E-state index contributed by atoms with van der Waals surface area (Å²) in [7, 11) is 1.77. The zero-order chi connectivity index (χ0) is 17.6. The molecule has 25 heavy (non-hydrogen) atoms. The Hall–Kier alpha value is -2.15. The molecule has 0 bridgehead atoms. The van der Waals surface area contributed by atoms with Crippen LogP contribution in [0, 0.1) is 12.7 Å². The number of halogens is 1. The molecule has 1 aliphatic heterocycles. The number of nitrogens with zero attached hydrogens (tertiary/aromatic N) is 3. The molecule has 134 valence electrons. The van der Waals surface area contributed by atoms with Crippen molar-refractivity contribution in [3.8, 4) is 0 Å². The second-order valence-electron chi connectivity index (χ2n) is 6.20. The lowest BCUT2D eigenvalue weighted by Gasteiger charge is -2.35. The molecule has 3 rings (SSSR count). The Morgan fingerprint density at radius 3 is 3.08 bits per heavy atom. The van der Waals surface area contributed by atoms with Gasteiger partial charge in [0.05, 0.1) is 6.54 Å². The van der Waals surface area contributed by atoms with Gasteiger partial charge in [-0.3, -0.25) is 4.99 Å². The number of aryl methyl sites for hydroxylation is 1. The van der Waals surface area contributed by atoms with E-state index in [9.17, 15) is 4.39 Å². The molecule has 1 atom stereocenters. The summed E-state index contributed by atoms with van der Waals surface area (Å²) in [5, 5.41) is 7.84. The first-order valence-corrected chi connectivity index (χ1v) is 9.34. The molecule has 0 spiro atoms. The lowest BCUT2D eigenvalue weighted by Crippen LogP contribution is -2.51. The monoisotopic (exact) mass is 361 g/mol. The van der Waals surface area contributed by atoms with Crippen LogP contribution in [0.25, 0.3) is 0 Å². The molecule has 0 saturated carbocycles. The number of anilines is 1. The highest BCUT2D eigenvalue weighted by atomic mass is 32.1. The molecule has 2 aromatic rings. The molecule has 1 fully saturated rings. The van der Waals surface area contributed by atoms with Gasteiger partial charge in [0, 0.05) is 42.9 Å². The van der Waals surface area contributed by atoms with Gasteiger partial charge in [-0.2, -0.15) is 0 Å². The SMILES string of the molecule is CN=C(NCc1ncc(C)s1)NC1CCCN(c2cccc(F)c2)C1. The number of piperidine rings is 1. The lowest BCUT2D eigenvalue weighted by atomic mass is 10.0. The second kappa shape index (κ2) is 8.29. The Balaban J connectivity index is 1.55. The fraction of sp³-hybridized carbons (Fsp3) is 0.444. The molecule has 2 heterocycles. The minimum Gasteiger partial charge on any atom is -0.369 e. The first-order chi connectivity index (χ1) is 12.1. The smallest absolute Gasteiger partial charge is 0.191 e. The number of benzene rings is 1. The third kappa shape index (κ3) is 4.92. The van der Waals surface area contributed by atoms with Crippen LogP contribution in [0.2, 0.25) is 0 Å². The van der Waals surface area contributed by atoms with Crippen LogP contribution in [0.15, 0.2) is 35.5 Å². The van der Waals surface area contributed by atoms with Crippen molar-refractivity contribution in [3.05, 3.63) is 46.2 Å². The zero-order valence-electron chi connectivity index (χ0n) is 14.6. The number of guanidine groups is 1. The van der Waals surface area contributed by atoms with E-state index >= 15 is 0 Å². The van der Waals surface area contributed by atoms with Crippen molar-refractivity contribution >= 4 is 23.0 Å². The fourth-order valence-corrected chi connectivity index (χ4v) is 3.76. The van der Waals surface area contributed by atoms with Crippen LogP contribution in [-0.2, 0) is 6.54 Å². The first-order valence-electron chi connectivity index (χ1n) is 8.53. The molecule has 1 aliphatic rings. The van der Waals surface area contributed by atoms with E-state index in [1.54, 1.807) is 30.5 Å². The molecule has 1 saturated heterocycles. The minimum atomic E-state index is -0.191. The van der Waals surface area contributed by atoms with Crippen molar-refractivity contribution in [2.24, 2.45) is 4.99 Å². The molecule has 0 aliphatic carbocycles. The average molecular weight is 361 g/mol. The van der Waals surface area contributed by atoms with E-state index < -0.39 is 0 Å². The van der Waals surface area contributed by atoms with Crippen molar-refractivity contribution in [2.75, 3.05) is 25.0 Å². The number of aliphatic imine (C=N–C) groups is 1. The third-order valence-corrected chi connectivity index (χ3v) is 5.15. The van der Waals surface area contributed by atoms with Gasteiger partial charge in [0.1, 0.15) is 10.8 Å². The molecule has 5 nitrogen and oxygen atoms in total. The number of hydrogen-bond donors (Lipinski definition) is 2. The molecule has 1 unspecified atom stereocenters. The molecular formula is C18H24FN5S. The standard InChI is InChI=1S/C18H24FN5S/c1-13-10-21-17(25-13)11-22-18(20-2)23-15-6-4-8-24(12-15)16-7-3-5-14(19)9-16/h3,5,7,9-10,15H,4,6,8,11-12H2,1-2H3,(H2,20,22,23). The van der Waals surface area contributed by atoms with Crippen LogP contribution >= 0.6 is 11.3 Å². The van der Waals surface area contributed by atoms with E-state index in [0.29, 0.717) is 6.54 Å². The molecule has 7 heteroatoms. The van der Waals surface area contributed by atoms with Gasteiger partial charge >= 0.3 is 0 Å². The van der Waals surface area contributed by atoms with Crippen LogP contribution in [0.1, 0.15) is 22.7 Å².